The summed E-state index contributed by atoms with van der Waals surface area (Å²) in [5.74, 6) is 0.0962. The Labute approximate surface area is 119 Å². The predicted octanol–water partition coefficient (Wildman–Crippen LogP) is 3.29. The van der Waals surface area contributed by atoms with Crippen molar-refractivity contribution in [2.75, 3.05) is 0 Å². The molecule has 20 heavy (non-hydrogen) atoms. The van der Waals surface area contributed by atoms with Gasteiger partial charge in [-0.1, -0.05) is 22.8 Å². The molecule has 1 fully saturated rings. The number of hydrogen-bond acceptors (Lipinski definition) is 4. The topological polar surface area (TPSA) is 56.0 Å². The number of ketones is 1. The maximum Gasteiger partial charge on any atom is 0.237 e. The third kappa shape index (κ3) is 2.45. The first kappa shape index (κ1) is 13.2. The zero-order valence-electron chi connectivity index (χ0n) is 10.6. The zero-order chi connectivity index (χ0) is 14.1. The fraction of sp³-hybridized carbons (Fsp3) is 0.357. The van der Waals surface area contributed by atoms with Gasteiger partial charge in [0, 0.05) is 23.4 Å². The highest BCUT2D eigenvalue weighted by Gasteiger charge is 2.31. The third-order valence-corrected chi connectivity index (χ3v) is 3.84. The summed E-state index contributed by atoms with van der Waals surface area (Å²) in [4.78, 5) is 15.8. The zero-order valence-corrected chi connectivity index (χ0v) is 11.4. The molecule has 1 aromatic heterocycles. The number of rotatable bonds is 3. The second kappa shape index (κ2) is 5.32. The molecule has 2 aromatic rings. The highest BCUT2D eigenvalue weighted by molar-refractivity contribution is 6.31. The van der Waals surface area contributed by atoms with Crippen LogP contribution in [0.15, 0.2) is 22.7 Å². The summed E-state index contributed by atoms with van der Waals surface area (Å²) in [6.07, 6.45) is 2.29. The SMILES string of the molecule is O=C1CCCC1c1nc(Cc2c(F)cccc2Cl)no1. The Morgan fingerprint density at radius 1 is 1.45 bits per heavy atom. The molecule has 1 heterocycles. The number of carbonyl (C=O) groups is 1. The molecule has 0 aliphatic heterocycles. The molecule has 4 nitrogen and oxygen atoms in total. The van der Waals surface area contributed by atoms with Crippen molar-refractivity contribution in [1.29, 1.82) is 0 Å². The van der Waals surface area contributed by atoms with E-state index in [0.717, 1.165) is 12.8 Å². The van der Waals surface area contributed by atoms with Gasteiger partial charge in [0.05, 0.1) is 5.92 Å². The van der Waals surface area contributed by atoms with Gasteiger partial charge in [-0.3, -0.25) is 4.79 Å². The van der Waals surface area contributed by atoms with Crippen LogP contribution in [0.5, 0.6) is 0 Å². The summed E-state index contributed by atoms with van der Waals surface area (Å²) >= 11 is 5.96. The van der Waals surface area contributed by atoms with Crippen molar-refractivity contribution >= 4 is 17.4 Å². The van der Waals surface area contributed by atoms with Crippen molar-refractivity contribution in [3.8, 4) is 0 Å². The Bertz CT molecular complexity index is 636. The summed E-state index contributed by atoms with van der Waals surface area (Å²) in [6.45, 7) is 0. The molecular weight excluding hydrogens is 283 g/mol. The molecule has 0 radical (unpaired) electrons. The van der Waals surface area contributed by atoms with Crippen LogP contribution in [0.4, 0.5) is 4.39 Å². The highest BCUT2D eigenvalue weighted by atomic mass is 35.5. The molecule has 0 spiro atoms. The summed E-state index contributed by atoms with van der Waals surface area (Å²) in [5.41, 5.74) is 0.333. The van der Waals surface area contributed by atoms with E-state index in [4.69, 9.17) is 16.1 Å². The van der Waals surface area contributed by atoms with E-state index in [1.807, 2.05) is 0 Å². The van der Waals surface area contributed by atoms with Crippen molar-refractivity contribution in [2.24, 2.45) is 0 Å². The van der Waals surface area contributed by atoms with Gasteiger partial charge in [-0.15, -0.1) is 0 Å². The molecule has 0 bridgehead atoms. The molecule has 1 aromatic carbocycles. The molecular formula is C14H12ClFN2O2. The predicted molar refractivity (Wildman–Crippen MR) is 70.1 cm³/mol. The van der Waals surface area contributed by atoms with Crippen LogP contribution in [-0.4, -0.2) is 15.9 Å². The molecule has 0 amide bonds. The molecule has 0 N–H and O–H groups in total. The minimum atomic E-state index is -0.402. The average molecular weight is 295 g/mol. The minimum Gasteiger partial charge on any atom is -0.339 e. The normalized spacial score (nSPS) is 18.7. The Morgan fingerprint density at radius 3 is 3.00 bits per heavy atom. The van der Waals surface area contributed by atoms with Gasteiger partial charge in [0.15, 0.2) is 5.82 Å². The Kier molecular flexibility index (Phi) is 3.53. The van der Waals surface area contributed by atoms with Crippen LogP contribution >= 0.6 is 11.6 Å². The van der Waals surface area contributed by atoms with Crippen LogP contribution < -0.4 is 0 Å². The van der Waals surface area contributed by atoms with Crippen molar-refractivity contribution in [2.45, 2.75) is 31.6 Å². The van der Waals surface area contributed by atoms with Crippen LogP contribution in [0.2, 0.25) is 5.02 Å². The largest absolute Gasteiger partial charge is 0.339 e. The van der Waals surface area contributed by atoms with Gasteiger partial charge >= 0.3 is 0 Å². The van der Waals surface area contributed by atoms with Gasteiger partial charge in [0.1, 0.15) is 11.6 Å². The number of Topliss-reactive ketones (excluding diaryl/α,β-unsaturated/α-hetero) is 1. The standard InChI is InChI=1S/C14H12ClFN2O2/c15-10-4-2-5-11(16)9(10)7-13-17-14(20-18-13)8-3-1-6-12(8)19/h2,4-5,8H,1,3,6-7H2. The first-order valence-corrected chi connectivity index (χ1v) is 6.81. The van der Waals surface area contributed by atoms with E-state index in [0.29, 0.717) is 28.7 Å². The minimum absolute atomic E-state index is 0.129. The van der Waals surface area contributed by atoms with Crippen molar-refractivity contribution in [1.82, 2.24) is 10.1 Å². The van der Waals surface area contributed by atoms with Crippen LogP contribution in [0, 0.1) is 5.82 Å². The molecule has 1 unspecified atom stereocenters. The highest BCUT2D eigenvalue weighted by Crippen LogP contribution is 2.30. The fourth-order valence-electron chi connectivity index (χ4n) is 2.42. The second-order valence-corrected chi connectivity index (χ2v) is 5.24. The molecule has 3 rings (SSSR count). The maximum atomic E-state index is 13.7. The summed E-state index contributed by atoms with van der Waals surface area (Å²) in [6, 6.07) is 4.49. The Morgan fingerprint density at radius 2 is 2.30 bits per heavy atom. The average Bonchev–Trinajstić information content (AvgIpc) is 3.02. The number of aromatic nitrogens is 2. The molecule has 6 heteroatoms. The van der Waals surface area contributed by atoms with Crippen LogP contribution in [0.25, 0.3) is 0 Å². The Hall–Kier alpha value is -1.75. The van der Waals surface area contributed by atoms with Gasteiger partial charge in [-0.05, 0) is 25.0 Å². The van der Waals surface area contributed by atoms with Crippen LogP contribution in [-0.2, 0) is 11.2 Å². The lowest BCUT2D eigenvalue weighted by atomic mass is 10.1. The van der Waals surface area contributed by atoms with Crippen molar-refractivity contribution < 1.29 is 13.7 Å². The van der Waals surface area contributed by atoms with E-state index in [1.54, 1.807) is 12.1 Å². The number of nitrogens with zero attached hydrogens (tertiary/aromatic N) is 2. The number of benzene rings is 1. The number of hydrogen-bond donors (Lipinski definition) is 0. The monoisotopic (exact) mass is 294 g/mol. The van der Waals surface area contributed by atoms with Crippen LogP contribution in [0.1, 0.15) is 42.5 Å². The van der Waals surface area contributed by atoms with E-state index in [9.17, 15) is 9.18 Å². The first-order chi connectivity index (χ1) is 9.65. The molecule has 1 aliphatic carbocycles. The van der Waals surface area contributed by atoms with E-state index >= 15 is 0 Å². The molecule has 1 aliphatic rings. The summed E-state index contributed by atoms with van der Waals surface area (Å²) in [5, 5.41) is 4.14. The maximum absolute atomic E-state index is 13.7. The second-order valence-electron chi connectivity index (χ2n) is 4.84. The van der Waals surface area contributed by atoms with Crippen LogP contribution in [0.3, 0.4) is 0 Å². The summed E-state index contributed by atoms with van der Waals surface area (Å²) in [7, 11) is 0. The molecule has 1 atom stereocenters. The molecule has 104 valence electrons. The summed E-state index contributed by atoms with van der Waals surface area (Å²) < 4.78 is 18.8. The molecule has 1 saturated carbocycles. The van der Waals surface area contributed by atoms with Gasteiger partial charge in [-0.2, -0.15) is 4.98 Å². The molecule has 0 saturated heterocycles. The lowest BCUT2D eigenvalue weighted by Crippen LogP contribution is -2.04. The van der Waals surface area contributed by atoms with Crippen molar-refractivity contribution in [3.63, 3.8) is 0 Å². The van der Waals surface area contributed by atoms with Gasteiger partial charge in [-0.25, -0.2) is 4.39 Å². The first-order valence-electron chi connectivity index (χ1n) is 6.43. The lowest BCUT2D eigenvalue weighted by molar-refractivity contribution is -0.119. The van der Waals surface area contributed by atoms with Gasteiger partial charge in [0.2, 0.25) is 5.89 Å². The number of halogens is 2. The van der Waals surface area contributed by atoms with Gasteiger partial charge < -0.3 is 4.52 Å². The lowest BCUT2D eigenvalue weighted by Gasteiger charge is -2.02. The van der Waals surface area contributed by atoms with Crippen molar-refractivity contribution in [3.05, 3.63) is 46.3 Å². The quantitative estimate of drug-likeness (QED) is 0.871. The Balaban J connectivity index is 1.82. The van der Waals surface area contributed by atoms with Gasteiger partial charge in [0.25, 0.3) is 0 Å². The third-order valence-electron chi connectivity index (χ3n) is 3.48. The smallest absolute Gasteiger partial charge is 0.237 e. The van der Waals surface area contributed by atoms with E-state index in [1.165, 1.54) is 6.07 Å². The van der Waals surface area contributed by atoms with E-state index in [-0.39, 0.29) is 18.1 Å². The fourth-order valence-corrected chi connectivity index (χ4v) is 2.65. The number of carbonyl (C=O) groups excluding carboxylic acids is 1. The van der Waals surface area contributed by atoms with E-state index < -0.39 is 5.82 Å². The van der Waals surface area contributed by atoms with E-state index in [2.05, 4.69) is 10.1 Å².